The summed E-state index contributed by atoms with van der Waals surface area (Å²) in [7, 11) is 0. The standard InChI is InChI=1S/C16H31N3O.2ClH/c1-13(2)11-19-9-5-6-14(12-19)10-18-15(20)16(17)7-3-4-8-16;;/h13-14H,3-12,17H2,1-2H3,(H,18,20);2*1H. The SMILES string of the molecule is CC(C)CN1CCCC(CNC(=O)C2(N)CCCC2)C1.Cl.Cl. The van der Waals surface area contributed by atoms with Gasteiger partial charge in [0.2, 0.25) is 5.91 Å². The zero-order chi connectivity index (χ0) is 14.6. The van der Waals surface area contributed by atoms with Gasteiger partial charge in [-0.05, 0) is 44.1 Å². The van der Waals surface area contributed by atoms with Gasteiger partial charge in [-0.3, -0.25) is 4.79 Å². The van der Waals surface area contributed by atoms with E-state index in [9.17, 15) is 4.79 Å². The summed E-state index contributed by atoms with van der Waals surface area (Å²) in [5.74, 6) is 1.39. The summed E-state index contributed by atoms with van der Waals surface area (Å²) in [6.45, 7) is 8.84. The number of nitrogens with one attached hydrogen (secondary N) is 1. The molecule has 2 fully saturated rings. The lowest BCUT2D eigenvalue weighted by Gasteiger charge is -2.34. The van der Waals surface area contributed by atoms with Crippen LogP contribution in [0.25, 0.3) is 0 Å². The van der Waals surface area contributed by atoms with Gasteiger partial charge in [-0.25, -0.2) is 0 Å². The third-order valence-electron chi connectivity index (χ3n) is 4.73. The van der Waals surface area contributed by atoms with Gasteiger partial charge in [-0.2, -0.15) is 0 Å². The molecule has 1 saturated carbocycles. The first-order chi connectivity index (χ1) is 9.49. The first-order valence-corrected chi connectivity index (χ1v) is 8.29. The highest BCUT2D eigenvalue weighted by atomic mass is 35.5. The molecule has 1 aliphatic carbocycles. The number of carbonyl (C=O) groups is 1. The Morgan fingerprint density at radius 1 is 1.27 bits per heavy atom. The maximum Gasteiger partial charge on any atom is 0.240 e. The Hall–Kier alpha value is -0.0300. The molecule has 6 heteroatoms. The predicted octanol–water partition coefficient (Wildman–Crippen LogP) is 2.59. The van der Waals surface area contributed by atoms with E-state index in [2.05, 4.69) is 24.1 Å². The van der Waals surface area contributed by atoms with Crippen molar-refractivity contribution in [3.05, 3.63) is 0 Å². The van der Waals surface area contributed by atoms with Crippen molar-refractivity contribution in [3.8, 4) is 0 Å². The molecule has 1 aliphatic heterocycles. The third kappa shape index (κ3) is 6.23. The van der Waals surface area contributed by atoms with Crippen LogP contribution < -0.4 is 11.1 Å². The molecule has 3 N–H and O–H groups in total. The van der Waals surface area contributed by atoms with E-state index >= 15 is 0 Å². The molecular formula is C16H33Cl2N3O. The van der Waals surface area contributed by atoms with E-state index in [-0.39, 0.29) is 30.7 Å². The molecule has 0 bridgehead atoms. The fourth-order valence-corrected chi connectivity index (χ4v) is 3.65. The van der Waals surface area contributed by atoms with Crippen LogP contribution in [0.3, 0.4) is 0 Å². The van der Waals surface area contributed by atoms with Crippen molar-refractivity contribution in [2.45, 2.75) is 57.9 Å². The molecular weight excluding hydrogens is 321 g/mol. The Labute approximate surface area is 147 Å². The van der Waals surface area contributed by atoms with Gasteiger partial charge in [0.15, 0.2) is 0 Å². The second kappa shape index (κ2) is 9.96. The minimum absolute atomic E-state index is 0. The Bertz CT molecular complexity index is 333. The number of hydrogen-bond donors (Lipinski definition) is 2. The summed E-state index contributed by atoms with van der Waals surface area (Å²) < 4.78 is 0. The van der Waals surface area contributed by atoms with Crippen LogP contribution in [0.2, 0.25) is 0 Å². The minimum Gasteiger partial charge on any atom is -0.354 e. The second-order valence-corrected chi connectivity index (χ2v) is 7.23. The molecule has 1 atom stereocenters. The largest absolute Gasteiger partial charge is 0.354 e. The van der Waals surface area contributed by atoms with Crippen LogP contribution in [0.4, 0.5) is 0 Å². The van der Waals surface area contributed by atoms with Crippen molar-refractivity contribution >= 4 is 30.7 Å². The predicted molar refractivity (Wildman–Crippen MR) is 96.9 cm³/mol. The van der Waals surface area contributed by atoms with Crippen LogP contribution in [0, 0.1) is 11.8 Å². The summed E-state index contributed by atoms with van der Waals surface area (Å²) in [6, 6.07) is 0. The summed E-state index contributed by atoms with van der Waals surface area (Å²) in [6.07, 6.45) is 6.37. The Kier molecular flexibility index (Phi) is 9.95. The lowest BCUT2D eigenvalue weighted by molar-refractivity contribution is -0.126. The van der Waals surface area contributed by atoms with Gasteiger partial charge in [0.25, 0.3) is 0 Å². The van der Waals surface area contributed by atoms with E-state index < -0.39 is 5.54 Å². The summed E-state index contributed by atoms with van der Waals surface area (Å²) in [5.41, 5.74) is 5.61. The van der Waals surface area contributed by atoms with E-state index in [4.69, 9.17) is 5.73 Å². The molecule has 2 aliphatic rings. The van der Waals surface area contributed by atoms with Gasteiger partial charge in [0.1, 0.15) is 0 Å². The van der Waals surface area contributed by atoms with Gasteiger partial charge in [0.05, 0.1) is 5.54 Å². The van der Waals surface area contributed by atoms with E-state index in [1.165, 1.54) is 25.9 Å². The minimum atomic E-state index is -0.577. The molecule has 0 spiro atoms. The maximum absolute atomic E-state index is 12.2. The van der Waals surface area contributed by atoms with Gasteiger partial charge in [-0.15, -0.1) is 24.8 Å². The summed E-state index contributed by atoms with van der Waals surface area (Å²) in [5, 5.41) is 3.12. The number of halogens is 2. The Balaban J connectivity index is 0.00000220. The van der Waals surface area contributed by atoms with Crippen LogP contribution in [-0.4, -0.2) is 42.5 Å². The topological polar surface area (TPSA) is 58.4 Å². The van der Waals surface area contributed by atoms with Gasteiger partial charge in [0, 0.05) is 19.6 Å². The van der Waals surface area contributed by atoms with Crippen molar-refractivity contribution < 1.29 is 4.79 Å². The van der Waals surface area contributed by atoms with Crippen molar-refractivity contribution in [1.29, 1.82) is 0 Å². The lowest BCUT2D eigenvalue weighted by Crippen LogP contribution is -2.53. The number of nitrogens with zero attached hydrogens (tertiary/aromatic N) is 1. The van der Waals surface area contributed by atoms with Gasteiger partial charge >= 0.3 is 0 Å². The molecule has 0 radical (unpaired) electrons. The van der Waals surface area contributed by atoms with Crippen molar-refractivity contribution in [2.75, 3.05) is 26.2 Å². The first kappa shape index (κ1) is 22.0. The molecule has 22 heavy (non-hydrogen) atoms. The van der Waals surface area contributed by atoms with Crippen molar-refractivity contribution in [3.63, 3.8) is 0 Å². The van der Waals surface area contributed by atoms with Crippen LogP contribution >= 0.6 is 24.8 Å². The molecule has 4 nitrogen and oxygen atoms in total. The number of carbonyl (C=O) groups excluding carboxylic acids is 1. The van der Waals surface area contributed by atoms with E-state index in [1.807, 2.05) is 0 Å². The highest BCUT2D eigenvalue weighted by molar-refractivity contribution is 5.86. The van der Waals surface area contributed by atoms with E-state index in [0.29, 0.717) is 11.8 Å². The molecule has 1 unspecified atom stereocenters. The number of piperidine rings is 1. The first-order valence-electron chi connectivity index (χ1n) is 8.29. The highest BCUT2D eigenvalue weighted by Gasteiger charge is 2.37. The van der Waals surface area contributed by atoms with Crippen LogP contribution in [-0.2, 0) is 4.79 Å². The number of amides is 1. The third-order valence-corrected chi connectivity index (χ3v) is 4.73. The summed E-state index contributed by atoms with van der Waals surface area (Å²) >= 11 is 0. The molecule has 1 saturated heterocycles. The van der Waals surface area contributed by atoms with Crippen LogP contribution in [0.1, 0.15) is 52.4 Å². The van der Waals surface area contributed by atoms with Crippen molar-refractivity contribution in [1.82, 2.24) is 10.2 Å². The number of hydrogen-bond acceptors (Lipinski definition) is 3. The fourth-order valence-electron chi connectivity index (χ4n) is 3.65. The van der Waals surface area contributed by atoms with E-state index in [0.717, 1.165) is 38.8 Å². The number of likely N-dealkylation sites (tertiary alicyclic amines) is 1. The Morgan fingerprint density at radius 2 is 1.91 bits per heavy atom. The van der Waals surface area contributed by atoms with Crippen LogP contribution in [0.15, 0.2) is 0 Å². The molecule has 0 aromatic rings. The molecule has 132 valence electrons. The average Bonchev–Trinajstić information content (AvgIpc) is 2.84. The molecule has 1 heterocycles. The number of rotatable bonds is 5. The zero-order valence-electron chi connectivity index (χ0n) is 14.0. The lowest BCUT2D eigenvalue weighted by atomic mass is 9.95. The average molecular weight is 354 g/mol. The molecule has 0 aromatic carbocycles. The monoisotopic (exact) mass is 353 g/mol. The van der Waals surface area contributed by atoms with Gasteiger partial charge < -0.3 is 16.0 Å². The van der Waals surface area contributed by atoms with Gasteiger partial charge in [-0.1, -0.05) is 26.7 Å². The second-order valence-electron chi connectivity index (χ2n) is 7.23. The number of nitrogens with two attached hydrogens (primary N) is 1. The normalized spacial score (nSPS) is 24.5. The molecule has 2 rings (SSSR count). The fraction of sp³-hybridized carbons (Fsp3) is 0.938. The smallest absolute Gasteiger partial charge is 0.240 e. The Morgan fingerprint density at radius 3 is 2.50 bits per heavy atom. The van der Waals surface area contributed by atoms with E-state index in [1.54, 1.807) is 0 Å². The highest BCUT2D eigenvalue weighted by Crippen LogP contribution is 2.27. The van der Waals surface area contributed by atoms with Crippen LogP contribution in [0.5, 0.6) is 0 Å². The molecule has 1 amide bonds. The summed E-state index contributed by atoms with van der Waals surface area (Å²) in [4.78, 5) is 14.8. The zero-order valence-corrected chi connectivity index (χ0v) is 15.6. The molecule has 0 aromatic heterocycles. The van der Waals surface area contributed by atoms with Crippen molar-refractivity contribution in [2.24, 2.45) is 17.6 Å². The quantitative estimate of drug-likeness (QED) is 0.798. The maximum atomic E-state index is 12.2.